The predicted octanol–water partition coefficient (Wildman–Crippen LogP) is -0.929. The van der Waals surface area contributed by atoms with Gasteiger partial charge in [-0.05, 0) is 18.8 Å². The lowest BCUT2D eigenvalue weighted by Gasteiger charge is -2.29. The van der Waals surface area contributed by atoms with Gasteiger partial charge in [0, 0.05) is 13.1 Å². The quantitative estimate of drug-likeness (QED) is 0.514. The summed E-state index contributed by atoms with van der Waals surface area (Å²) in [6, 6.07) is -0.115. The van der Waals surface area contributed by atoms with Crippen LogP contribution in [0.2, 0.25) is 0 Å². The highest BCUT2D eigenvalue weighted by atomic mass is 16.1. The molecule has 2 heterocycles. The molecule has 2 bridgehead atoms. The monoisotopic (exact) mass is 155 g/mol. The minimum Gasteiger partial charge on any atom is -0.368 e. The van der Waals surface area contributed by atoms with Gasteiger partial charge in [0.15, 0.2) is 0 Å². The Labute approximate surface area is 65.7 Å². The molecule has 2 fully saturated rings. The van der Waals surface area contributed by atoms with E-state index in [2.05, 4.69) is 10.4 Å². The Morgan fingerprint density at radius 3 is 3.09 bits per heavy atom. The number of hydrogen-bond donors (Lipinski definition) is 2. The van der Waals surface area contributed by atoms with Crippen LogP contribution in [0.4, 0.5) is 0 Å². The summed E-state index contributed by atoms with van der Waals surface area (Å²) in [4.78, 5) is 10.8. The Kier molecular flexibility index (Phi) is 1.58. The number of nitrogens with two attached hydrogens (primary N) is 1. The number of rotatable bonds is 1. The molecule has 3 N–H and O–H groups in total. The molecule has 4 heteroatoms. The van der Waals surface area contributed by atoms with E-state index < -0.39 is 0 Å². The average molecular weight is 155 g/mol. The molecule has 0 aliphatic carbocycles. The van der Waals surface area contributed by atoms with Crippen molar-refractivity contribution in [2.24, 2.45) is 11.7 Å². The summed E-state index contributed by atoms with van der Waals surface area (Å²) in [6.07, 6.45) is 2.13. The largest absolute Gasteiger partial charge is 0.368 e. The SMILES string of the molecule is NC(=O)C1CC2CCN(C2)N1. The van der Waals surface area contributed by atoms with E-state index in [9.17, 15) is 4.79 Å². The Bertz CT molecular complexity index is 171. The minimum absolute atomic E-state index is 0.115. The van der Waals surface area contributed by atoms with E-state index in [1.165, 1.54) is 6.42 Å². The van der Waals surface area contributed by atoms with Crippen molar-refractivity contribution >= 4 is 5.91 Å². The number of hydrazine groups is 1. The number of fused-ring (bicyclic) bond motifs is 2. The van der Waals surface area contributed by atoms with Crippen molar-refractivity contribution in [1.82, 2.24) is 10.4 Å². The lowest BCUT2D eigenvalue weighted by molar-refractivity contribution is -0.122. The molecule has 4 nitrogen and oxygen atoms in total. The lowest BCUT2D eigenvalue weighted by atomic mass is 9.98. The van der Waals surface area contributed by atoms with Crippen molar-refractivity contribution in [3.05, 3.63) is 0 Å². The molecule has 11 heavy (non-hydrogen) atoms. The van der Waals surface area contributed by atoms with Crippen LogP contribution in [0.25, 0.3) is 0 Å². The molecule has 2 aliphatic heterocycles. The van der Waals surface area contributed by atoms with Crippen molar-refractivity contribution in [3.8, 4) is 0 Å². The standard InChI is InChI=1S/C7H13N3O/c8-7(11)6-3-5-1-2-10(4-5)9-6/h5-6,9H,1-4H2,(H2,8,11). The van der Waals surface area contributed by atoms with Crippen LogP contribution in [-0.2, 0) is 4.79 Å². The van der Waals surface area contributed by atoms with Crippen LogP contribution < -0.4 is 11.2 Å². The van der Waals surface area contributed by atoms with Crippen LogP contribution in [0.3, 0.4) is 0 Å². The maximum atomic E-state index is 10.8. The van der Waals surface area contributed by atoms with Crippen molar-refractivity contribution in [3.63, 3.8) is 0 Å². The first-order valence-electron chi connectivity index (χ1n) is 4.06. The summed E-state index contributed by atoms with van der Waals surface area (Å²) >= 11 is 0. The number of amides is 1. The summed E-state index contributed by atoms with van der Waals surface area (Å²) in [5, 5.41) is 2.10. The highest BCUT2D eigenvalue weighted by Crippen LogP contribution is 2.24. The molecule has 0 saturated carbocycles. The Morgan fingerprint density at radius 1 is 1.64 bits per heavy atom. The summed E-state index contributed by atoms with van der Waals surface area (Å²) in [5.41, 5.74) is 8.29. The lowest BCUT2D eigenvalue weighted by Crippen LogP contribution is -2.53. The van der Waals surface area contributed by atoms with Gasteiger partial charge < -0.3 is 5.73 Å². The second-order valence-electron chi connectivity index (χ2n) is 3.42. The van der Waals surface area contributed by atoms with Crippen molar-refractivity contribution < 1.29 is 4.79 Å². The summed E-state index contributed by atoms with van der Waals surface area (Å²) in [5.74, 6) is 0.468. The van der Waals surface area contributed by atoms with Gasteiger partial charge in [0.25, 0.3) is 0 Å². The van der Waals surface area contributed by atoms with Gasteiger partial charge in [-0.15, -0.1) is 0 Å². The molecule has 3 unspecified atom stereocenters. The maximum Gasteiger partial charge on any atom is 0.235 e. The summed E-state index contributed by atoms with van der Waals surface area (Å²) in [7, 11) is 0. The molecule has 0 radical (unpaired) electrons. The van der Waals surface area contributed by atoms with Crippen molar-refractivity contribution in [2.75, 3.05) is 13.1 Å². The minimum atomic E-state index is -0.221. The second kappa shape index (κ2) is 2.46. The molecule has 62 valence electrons. The van der Waals surface area contributed by atoms with Crippen LogP contribution in [0.15, 0.2) is 0 Å². The highest BCUT2D eigenvalue weighted by Gasteiger charge is 2.34. The van der Waals surface area contributed by atoms with Crippen LogP contribution in [0, 0.1) is 5.92 Å². The number of hydrogen-bond acceptors (Lipinski definition) is 3. The Balaban J connectivity index is 2.02. The molecule has 1 amide bonds. The van der Waals surface area contributed by atoms with E-state index in [4.69, 9.17) is 5.73 Å². The Morgan fingerprint density at radius 2 is 2.45 bits per heavy atom. The van der Waals surface area contributed by atoms with Gasteiger partial charge in [-0.25, -0.2) is 10.4 Å². The summed E-state index contributed by atoms with van der Waals surface area (Å²) < 4.78 is 0. The third-order valence-corrected chi connectivity index (χ3v) is 2.54. The molecule has 0 aromatic heterocycles. The van der Waals surface area contributed by atoms with Crippen LogP contribution in [-0.4, -0.2) is 30.0 Å². The van der Waals surface area contributed by atoms with E-state index in [1.54, 1.807) is 0 Å². The maximum absolute atomic E-state index is 10.8. The first kappa shape index (κ1) is 7.06. The van der Waals surface area contributed by atoms with Gasteiger partial charge in [0.05, 0.1) is 0 Å². The second-order valence-corrected chi connectivity index (χ2v) is 3.42. The van der Waals surface area contributed by atoms with Gasteiger partial charge in [-0.3, -0.25) is 4.79 Å². The molecule has 0 aromatic carbocycles. The number of nitrogens with one attached hydrogen (secondary N) is 1. The highest BCUT2D eigenvalue weighted by molar-refractivity contribution is 5.79. The first-order chi connectivity index (χ1) is 5.25. The zero-order chi connectivity index (χ0) is 7.84. The first-order valence-corrected chi connectivity index (χ1v) is 4.06. The van der Waals surface area contributed by atoms with Gasteiger partial charge >= 0.3 is 0 Å². The number of carbonyl (C=O) groups is 1. The predicted molar refractivity (Wildman–Crippen MR) is 40.4 cm³/mol. The van der Waals surface area contributed by atoms with Gasteiger partial charge in [-0.2, -0.15) is 0 Å². The molecule has 2 saturated heterocycles. The molecular formula is C7H13N3O. The van der Waals surface area contributed by atoms with Crippen LogP contribution >= 0.6 is 0 Å². The van der Waals surface area contributed by atoms with E-state index in [-0.39, 0.29) is 11.9 Å². The molecule has 3 atom stereocenters. The van der Waals surface area contributed by atoms with E-state index >= 15 is 0 Å². The van der Waals surface area contributed by atoms with Crippen LogP contribution in [0.5, 0.6) is 0 Å². The number of primary amides is 1. The fourth-order valence-corrected chi connectivity index (χ4v) is 1.93. The van der Waals surface area contributed by atoms with E-state index in [1.807, 2.05) is 0 Å². The Hall–Kier alpha value is -0.610. The normalized spacial score (nSPS) is 42.4. The smallest absolute Gasteiger partial charge is 0.235 e. The number of nitrogens with zero attached hydrogens (tertiary/aromatic N) is 1. The van der Waals surface area contributed by atoms with Gasteiger partial charge in [0.2, 0.25) is 5.91 Å². The van der Waals surface area contributed by atoms with E-state index in [0.29, 0.717) is 5.92 Å². The van der Waals surface area contributed by atoms with Crippen molar-refractivity contribution in [2.45, 2.75) is 18.9 Å². The van der Waals surface area contributed by atoms with Gasteiger partial charge in [-0.1, -0.05) is 0 Å². The fraction of sp³-hybridized carbons (Fsp3) is 0.857. The zero-order valence-electron chi connectivity index (χ0n) is 6.42. The molecule has 2 aliphatic rings. The van der Waals surface area contributed by atoms with E-state index in [0.717, 1.165) is 19.5 Å². The van der Waals surface area contributed by atoms with Crippen LogP contribution in [0.1, 0.15) is 12.8 Å². The fourth-order valence-electron chi connectivity index (χ4n) is 1.93. The molecule has 0 spiro atoms. The topological polar surface area (TPSA) is 58.4 Å². The molecule has 2 rings (SSSR count). The third-order valence-electron chi connectivity index (χ3n) is 2.54. The van der Waals surface area contributed by atoms with Gasteiger partial charge in [0.1, 0.15) is 6.04 Å². The molecule has 0 aromatic rings. The zero-order valence-corrected chi connectivity index (χ0v) is 6.42. The molecular weight excluding hydrogens is 142 g/mol. The summed E-state index contributed by atoms with van der Waals surface area (Å²) in [6.45, 7) is 2.15. The number of carbonyl (C=O) groups excluding carboxylic acids is 1. The third kappa shape index (κ3) is 1.23. The van der Waals surface area contributed by atoms with Crippen molar-refractivity contribution in [1.29, 1.82) is 0 Å². The average Bonchev–Trinajstić information content (AvgIpc) is 2.30.